The Labute approximate surface area is 183 Å². The molecule has 0 saturated carbocycles. The third kappa shape index (κ3) is 6.14. The van der Waals surface area contributed by atoms with E-state index in [0.717, 1.165) is 96.1 Å². The van der Waals surface area contributed by atoms with Crippen LogP contribution in [0.2, 0.25) is 0 Å². The van der Waals surface area contributed by atoms with Crippen molar-refractivity contribution in [2.45, 2.75) is 13.5 Å². The monoisotopic (exact) mass is 427 g/mol. The van der Waals surface area contributed by atoms with E-state index in [1.807, 2.05) is 12.1 Å². The molecule has 10 nitrogen and oxygen atoms in total. The molecule has 2 aromatic rings. The fraction of sp³-hybridized carbons (Fsp3) is 0.619. The van der Waals surface area contributed by atoms with E-state index in [1.54, 1.807) is 18.7 Å². The van der Waals surface area contributed by atoms with Gasteiger partial charge in [0.2, 0.25) is 5.95 Å². The van der Waals surface area contributed by atoms with Crippen LogP contribution >= 0.6 is 0 Å². The highest BCUT2D eigenvalue weighted by Gasteiger charge is 2.21. The zero-order valence-corrected chi connectivity index (χ0v) is 18.4. The first kappa shape index (κ1) is 21.5. The lowest BCUT2D eigenvalue weighted by atomic mass is 10.3. The highest BCUT2D eigenvalue weighted by atomic mass is 16.5. The largest absolute Gasteiger partial charge is 0.364 e. The lowest BCUT2D eigenvalue weighted by Gasteiger charge is -2.36. The molecule has 168 valence electrons. The van der Waals surface area contributed by atoms with Gasteiger partial charge in [-0.15, -0.1) is 0 Å². The van der Waals surface area contributed by atoms with Crippen LogP contribution in [-0.2, 0) is 6.54 Å². The van der Waals surface area contributed by atoms with E-state index in [-0.39, 0.29) is 0 Å². The van der Waals surface area contributed by atoms with Crippen molar-refractivity contribution in [2.24, 2.45) is 4.99 Å². The minimum Gasteiger partial charge on any atom is -0.364 e. The number of nitrogens with zero attached hydrogens (tertiary/aromatic N) is 8. The van der Waals surface area contributed by atoms with Crippen molar-refractivity contribution in [2.75, 3.05) is 76.9 Å². The summed E-state index contributed by atoms with van der Waals surface area (Å²) in [5, 5.41) is 7.49. The SMILES string of the molecule is CCNC(=NCCN1CCN(c2ncccn2)CC1)N1CCN(Cc2ccon2)CC1. The second-order valence-electron chi connectivity index (χ2n) is 7.87. The van der Waals surface area contributed by atoms with Crippen LogP contribution in [0.15, 0.2) is 40.3 Å². The maximum absolute atomic E-state index is 4.94. The minimum absolute atomic E-state index is 0.809. The summed E-state index contributed by atoms with van der Waals surface area (Å²) in [6.07, 6.45) is 5.25. The van der Waals surface area contributed by atoms with Crippen LogP contribution in [-0.4, -0.2) is 108 Å². The van der Waals surface area contributed by atoms with Crippen LogP contribution in [0.4, 0.5) is 5.95 Å². The molecule has 0 amide bonds. The number of aliphatic imine (C=N–C) groups is 1. The first-order valence-electron chi connectivity index (χ1n) is 11.2. The molecule has 0 radical (unpaired) electrons. The summed E-state index contributed by atoms with van der Waals surface area (Å²) in [7, 11) is 0. The molecule has 2 fully saturated rings. The molecule has 2 aliphatic heterocycles. The van der Waals surface area contributed by atoms with Crippen LogP contribution in [0, 0.1) is 0 Å². The first-order chi connectivity index (χ1) is 15.3. The molecule has 2 aliphatic rings. The average Bonchev–Trinajstić information content (AvgIpc) is 3.33. The van der Waals surface area contributed by atoms with E-state index in [9.17, 15) is 0 Å². The topological polar surface area (TPSA) is 89.2 Å². The molecule has 2 aromatic heterocycles. The summed E-state index contributed by atoms with van der Waals surface area (Å²) in [6.45, 7) is 13.5. The van der Waals surface area contributed by atoms with Crippen molar-refractivity contribution >= 4 is 11.9 Å². The number of nitrogens with one attached hydrogen (secondary N) is 1. The summed E-state index contributed by atoms with van der Waals surface area (Å²) in [5.41, 5.74) is 0.993. The number of hydrogen-bond donors (Lipinski definition) is 1. The molecule has 1 N–H and O–H groups in total. The lowest BCUT2D eigenvalue weighted by Crippen LogP contribution is -2.52. The Morgan fingerprint density at radius 3 is 2.45 bits per heavy atom. The van der Waals surface area contributed by atoms with Crippen molar-refractivity contribution in [1.82, 2.24) is 35.1 Å². The van der Waals surface area contributed by atoms with Gasteiger partial charge in [0.15, 0.2) is 5.96 Å². The van der Waals surface area contributed by atoms with E-state index in [2.05, 4.69) is 47.0 Å². The molecule has 0 aliphatic carbocycles. The summed E-state index contributed by atoms with van der Waals surface area (Å²) in [6, 6.07) is 3.79. The van der Waals surface area contributed by atoms with Crippen LogP contribution in [0.1, 0.15) is 12.6 Å². The second kappa shape index (κ2) is 11.1. The van der Waals surface area contributed by atoms with Gasteiger partial charge in [-0.2, -0.15) is 0 Å². The molecule has 0 bridgehead atoms. The fourth-order valence-corrected chi connectivity index (χ4v) is 4.02. The van der Waals surface area contributed by atoms with Gasteiger partial charge in [-0.3, -0.25) is 14.8 Å². The molecule has 0 aromatic carbocycles. The Balaban J connectivity index is 1.20. The Bertz CT molecular complexity index is 782. The lowest BCUT2D eigenvalue weighted by molar-refractivity contribution is 0.169. The Hall–Kier alpha value is -2.72. The standard InChI is InChI=1S/C21H33N9O/c1-2-22-20(29-15-11-28(12-16-29)18-19-4-17-31-26-19)25-7-8-27-9-13-30(14-10-27)21-23-5-3-6-24-21/h3-6,17H,2,7-16,18H2,1H3,(H,22,25). The predicted octanol–water partition coefficient (Wildman–Crippen LogP) is 0.370. The van der Waals surface area contributed by atoms with Crippen LogP contribution in [0.25, 0.3) is 0 Å². The third-order valence-electron chi connectivity index (χ3n) is 5.77. The normalized spacial score (nSPS) is 19.1. The van der Waals surface area contributed by atoms with E-state index >= 15 is 0 Å². The van der Waals surface area contributed by atoms with E-state index in [0.29, 0.717) is 0 Å². The second-order valence-corrected chi connectivity index (χ2v) is 7.87. The van der Waals surface area contributed by atoms with Gasteiger partial charge in [0.25, 0.3) is 0 Å². The number of guanidine groups is 1. The van der Waals surface area contributed by atoms with Crippen molar-refractivity contribution < 1.29 is 4.52 Å². The van der Waals surface area contributed by atoms with Gasteiger partial charge in [-0.1, -0.05) is 5.16 Å². The number of piperazine rings is 2. The van der Waals surface area contributed by atoms with E-state index < -0.39 is 0 Å². The summed E-state index contributed by atoms with van der Waals surface area (Å²) in [5.74, 6) is 1.86. The van der Waals surface area contributed by atoms with Crippen molar-refractivity contribution in [3.8, 4) is 0 Å². The maximum Gasteiger partial charge on any atom is 0.225 e. The third-order valence-corrected chi connectivity index (χ3v) is 5.77. The van der Waals surface area contributed by atoms with Gasteiger partial charge in [0.1, 0.15) is 6.26 Å². The molecular formula is C21H33N9O. The van der Waals surface area contributed by atoms with Crippen LogP contribution in [0.3, 0.4) is 0 Å². The van der Waals surface area contributed by atoms with Gasteiger partial charge < -0.3 is 19.6 Å². The quantitative estimate of drug-likeness (QED) is 0.497. The average molecular weight is 428 g/mol. The van der Waals surface area contributed by atoms with Gasteiger partial charge in [-0.05, 0) is 13.0 Å². The Morgan fingerprint density at radius 1 is 1.03 bits per heavy atom. The summed E-state index contributed by atoms with van der Waals surface area (Å²) >= 11 is 0. The Kier molecular flexibility index (Phi) is 7.67. The molecule has 10 heteroatoms. The smallest absolute Gasteiger partial charge is 0.225 e. The molecule has 4 rings (SSSR count). The fourth-order valence-electron chi connectivity index (χ4n) is 4.02. The molecule has 4 heterocycles. The number of aromatic nitrogens is 3. The van der Waals surface area contributed by atoms with Crippen molar-refractivity contribution in [3.05, 3.63) is 36.5 Å². The predicted molar refractivity (Wildman–Crippen MR) is 120 cm³/mol. The molecule has 31 heavy (non-hydrogen) atoms. The van der Waals surface area contributed by atoms with Gasteiger partial charge in [0, 0.05) is 90.5 Å². The zero-order chi connectivity index (χ0) is 21.3. The minimum atomic E-state index is 0.809. The van der Waals surface area contributed by atoms with Crippen molar-refractivity contribution in [3.63, 3.8) is 0 Å². The number of hydrogen-bond acceptors (Lipinski definition) is 8. The zero-order valence-electron chi connectivity index (χ0n) is 18.4. The van der Waals surface area contributed by atoms with Crippen LogP contribution < -0.4 is 10.2 Å². The highest BCUT2D eigenvalue weighted by Crippen LogP contribution is 2.10. The summed E-state index contributed by atoms with van der Waals surface area (Å²) < 4.78 is 4.94. The first-order valence-corrected chi connectivity index (χ1v) is 11.2. The molecule has 0 atom stereocenters. The molecule has 2 saturated heterocycles. The van der Waals surface area contributed by atoms with Crippen molar-refractivity contribution in [1.29, 1.82) is 0 Å². The highest BCUT2D eigenvalue weighted by molar-refractivity contribution is 5.80. The van der Waals surface area contributed by atoms with Gasteiger partial charge in [0.05, 0.1) is 12.2 Å². The molecule has 0 spiro atoms. The van der Waals surface area contributed by atoms with Gasteiger partial charge in [-0.25, -0.2) is 9.97 Å². The van der Waals surface area contributed by atoms with Gasteiger partial charge >= 0.3 is 0 Å². The molecule has 0 unspecified atom stereocenters. The van der Waals surface area contributed by atoms with E-state index in [1.165, 1.54) is 0 Å². The van der Waals surface area contributed by atoms with Crippen LogP contribution in [0.5, 0.6) is 0 Å². The number of rotatable bonds is 7. The maximum atomic E-state index is 4.94. The number of anilines is 1. The van der Waals surface area contributed by atoms with E-state index in [4.69, 9.17) is 9.52 Å². The Morgan fingerprint density at radius 2 is 1.77 bits per heavy atom. The summed E-state index contributed by atoms with van der Waals surface area (Å²) in [4.78, 5) is 23.1. The molecular weight excluding hydrogens is 394 g/mol.